The van der Waals surface area contributed by atoms with Crippen LogP contribution in [0.3, 0.4) is 0 Å². The number of rotatable bonds is 10. The Bertz CT molecular complexity index is 4410. The van der Waals surface area contributed by atoms with Crippen LogP contribution in [0.2, 0.25) is 0 Å². The summed E-state index contributed by atoms with van der Waals surface area (Å²) in [6.45, 7) is 9.19. The molecular weight excluding hydrogens is 1470 g/mol. The quantitative estimate of drug-likeness (QED) is 0.0184. The Kier molecular flexibility index (Phi) is 48.5. The molecule has 2 radical (unpaired) electrons. The van der Waals surface area contributed by atoms with Crippen LogP contribution in [-0.4, -0.2) is 75.9 Å². The van der Waals surface area contributed by atoms with Crippen molar-refractivity contribution in [3.8, 4) is 83.0 Å². The zero-order valence-electron chi connectivity index (χ0n) is 57.7. The smallest absolute Gasteiger partial charge is 0.485 e. The predicted molar refractivity (Wildman–Crippen MR) is 387 cm³/mol. The molecule has 25 heteroatoms. The van der Waals surface area contributed by atoms with Crippen molar-refractivity contribution in [3.63, 3.8) is 0 Å². The van der Waals surface area contributed by atoms with Crippen molar-refractivity contribution in [1.29, 1.82) is 0 Å². The largest absolute Gasteiger partial charge is 0.741 e. The van der Waals surface area contributed by atoms with Gasteiger partial charge in [-0.25, -0.2) is 21.6 Å². The molecule has 10 aromatic rings. The molecule has 0 spiro atoms. The molecule has 554 valence electrons. The molecular formula is C79H75Cu2F8N5O9S. The standard InChI is InChI=1S/C15H10FNO.C13H14FNO.C10H14NO.C9H9NO.C8H6.C7H4FNO.C7H5FO.C5H8.C4H5F.CHF3O3S.2Cu/c16-13-8-6-11(7-9-13)14-10-15(18-17-14)12-4-2-1-3-5-12;1-9-4-3-5-10(2)13(9)12-8-11(6-7-14)16-15-12;1-11(2,3)10-6-4-9(8-12)5-7-10;1-7-4-3-5-8(2)9(7)6-10-11;1-2-8-6-4-3-5-7-8;8-7-3-1-6(2-4-7)5-9-10;8-7-3-1-6(5-9)2-4-7;1-3-5-4-2;1-2-3-4-5;2-1(3,4)8(5,6)7;;/h1-10H;3-5,8H,6-7H2,1-2H3;4-8H,1-3H3;3-5H,1-2H3;1,3-7H;1-4H;1-5H;1H,4-5H2,2H3;1H,3-4H2;(H,5,6,7);;/q;;+1;;;;;;;;;/p-1/i16-1;14-1;;;;2*8-1;;5-1;;;. The van der Waals surface area contributed by atoms with Crippen LogP contribution < -0.4 is 4.48 Å². The van der Waals surface area contributed by atoms with Gasteiger partial charge < -0.3 is 24.0 Å². The van der Waals surface area contributed by atoms with Crippen LogP contribution in [0, 0.1) is 105 Å². The Morgan fingerprint density at radius 2 is 0.971 bits per heavy atom. The van der Waals surface area contributed by atoms with E-state index in [2.05, 4.69) is 84.7 Å². The van der Waals surface area contributed by atoms with Crippen LogP contribution in [0.1, 0.15) is 91.6 Å². The van der Waals surface area contributed by atoms with E-state index in [1.165, 1.54) is 66.4 Å². The maximum atomic E-state index is 12.8. The van der Waals surface area contributed by atoms with Gasteiger partial charge in [-0.15, -0.1) is 31.1 Å². The number of hydrogen-bond acceptors (Lipinski definition) is 11. The summed E-state index contributed by atoms with van der Waals surface area (Å²) in [5.74, 6) is 7.57. The summed E-state index contributed by atoms with van der Waals surface area (Å²) in [4.78, 5) is 20.4. The van der Waals surface area contributed by atoms with Crippen molar-refractivity contribution in [3.05, 3.63) is 300 Å². The van der Waals surface area contributed by atoms with Gasteiger partial charge in [0.15, 0.2) is 15.9 Å². The van der Waals surface area contributed by atoms with Gasteiger partial charge in [0.1, 0.15) is 70.7 Å². The summed E-state index contributed by atoms with van der Waals surface area (Å²) in [5.41, 5.74) is 7.75. The van der Waals surface area contributed by atoms with Gasteiger partial charge >= 0.3 is 17.6 Å². The molecule has 0 saturated carbocycles. The number of aryl methyl sites for hydroxylation is 5. The summed E-state index contributed by atoms with van der Waals surface area (Å²) in [6.07, 6.45) is 18.7. The van der Waals surface area contributed by atoms with Crippen LogP contribution in [0.5, 0.6) is 0 Å². The fourth-order valence-electron chi connectivity index (χ4n) is 7.52. The number of aldehydes is 2. The number of carbonyl (C=O) groups excluding carboxylic acids is 2. The first-order valence-electron chi connectivity index (χ1n) is 30.4. The number of unbranched alkanes of at least 4 members (excludes halogenated alkanes) is 1. The Balaban J connectivity index is 0. The number of alkyl halides is 5. The summed E-state index contributed by atoms with van der Waals surface area (Å²) < 4.78 is 130. The van der Waals surface area contributed by atoms with E-state index in [1.807, 2.05) is 161 Å². The first kappa shape index (κ1) is 95.2. The van der Waals surface area contributed by atoms with Crippen molar-refractivity contribution >= 4 is 28.4 Å². The molecule has 0 N–H and O–H groups in total. The average molecular weight is 1540 g/mol. The van der Waals surface area contributed by atoms with Crippen LogP contribution in [0.4, 0.5) is 40.8 Å². The van der Waals surface area contributed by atoms with E-state index in [1.54, 1.807) is 12.1 Å². The number of carbonyl (C=O) groups is 2. The van der Waals surface area contributed by atoms with Crippen LogP contribution >= 0.6 is 0 Å². The second-order valence-corrected chi connectivity index (χ2v) is 22.8. The molecule has 0 amide bonds. The fraction of sp³-hybridized carbons (Fsp3) is 0.190. The van der Waals surface area contributed by atoms with E-state index in [4.69, 9.17) is 34.9 Å². The number of halogens is 8. The Labute approximate surface area is 623 Å². The average Bonchev–Trinajstić information content (AvgIpc) is 1.61. The third-order valence-corrected chi connectivity index (χ3v) is 13.2. The molecule has 0 aliphatic carbocycles. The molecule has 14 nitrogen and oxygen atoms in total. The first-order valence-corrected chi connectivity index (χ1v) is 31.8. The van der Waals surface area contributed by atoms with E-state index in [-0.39, 0.29) is 64.4 Å². The van der Waals surface area contributed by atoms with Crippen LogP contribution in [0.15, 0.2) is 215 Å². The monoisotopic (exact) mass is 1540 g/mol. The number of terminal acetylenes is 3. The molecule has 0 aliphatic heterocycles. The molecule has 0 saturated heterocycles. The SMILES string of the molecule is C#CCCC.C#CCC[18F].C#Cc1ccccc1.C[N+](C)(C)c1ccc(C=O)cc1.Cc1cccc(C)c1-c1cc(CC[18F])on1.Cc1cccc(C)c1C#[N+][O-].O=Cc1ccc([18F])cc1.O=S(=O)([O-])C(F)(F)F.[18F]c1ccc(-c2cc(-c3ccccc3)on2)cc1.[Cu].[Cu].[O-][N+]#Cc1ccc([18F])cc1. The van der Waals surface area contributed by atoms with Crippen molar-refractivity contribution in [2.75, 3.05) is 34.5 Å². The molecule has 2 heterocycles. The van der Waals surface area contributed by atoms with Gasteiger partial charge in [-0.3, -0.25) is 22.9 Å². The second-order valence-electron chi connectivity index (χ2n) is 21.4. The van der Waals surface area contributed by atoms with Crippen molar-refractivity contribution in [1.82, 2.24) is 14.8 Å². The van der Waals surface area contributed by atoms with E-state index < -0.39 is 29.0 Å². The number of hydrogen-bond donors (Lipinski definition) is 0. The second kappa shape index (κ2) is 53.0. The Morgan fingerprint density at radius 3 is 1.35 bits per heavy atom. The third kappa shape index (κ3) is 39.4. The number of aromatic nitrogens is 2. The predicted octanol–water partition coefficient (Wildman–Crippen LogP) is 19.6. The van der Waals surface area contributed by atoms with Crippen LogP contribution in [-0.2, 0) is 50.7 Å². The van der Waals surface area contributed by atoms with Crippen molar-refractivity contribution < 1.29 is 101 Å². The minimum atomic E-state index is -6.09. The van der Waals surface area contributed by atoms with Gasteiger partial charge in [0.25, 0.3) is 0 Å². The number of benzene rings is 8. The van der Waals surface area contributed by atoms with Gasteiger partial charge in [0.05, 0.1) is 27.8 Å². The first-order chi connectivity index (χ1) is 48.5. The molecule has 0 atom stereocenters. The zero-order chi connectivity index (χ0) is 76.5. The fourth-order valence-corrected chi connectivity index (χ4v) is 7.52. The summed E-state index contributed by atoms with van der Waals surface area (Å²) in [7, 11) is 0.189. The molecule has 2 aromatic heterocycles. The van der Waals surface area contributed by atoms with E-state index >= 15 is 0 Å². The molecule has 8 aromatic carbocycles. The van der Waals surface area contributed by atoms with Gasteiger partial charge in [-0.05, 0) is 166 Å². The minimum Gasteiger partial charge on any atom is -0.741 e. The molecule has 0 aliphatic rings. The van der Waals surface area contributed by atoms with Crippen molar-refractivity contribution in [2.24, 2.45) is 0 Å². The molecule has 0 unspecified atom stereocenters. The third-order valence-electron chi connectivity index (χ3n) is 12.7. The summed E-state index contributed by atoms with van der Waals surface area (Å²) in [6, 6.07) is 64.0. The molecule has 0 bridgehead atoms. The van der Waals surface area contributed by atoms with Gasteiger partial charge in [0, 0.05) is 109 Å². The zero-order valence-corrected chi connectivity index (χ0v) is 60.4. The van der Waals surface area contributed by atoms with E-state index in [9.17, 15) is 55.1 Å². The molecule has 10 rings (SSSR count). The van der Waals surface area contributed by atoms with Gasteiger partial charge in [-0.1, -0.05) is 108 Å². The van der Waals surface area contributed by atoms with E-state index in [0.717, 1.165) is 84.9 Å². The summed E-state index contributed by atoms with van der Waals surface area (Å²) in [5, 5.41) is 32.5. The minimum absolute atomic E-state index is 0. The Morgan fingerprint density at radius 1 is 0.538 bits per heavy atom. The number of nitrogens with zero attached hydrogens (tertiary/aromatic N) is 5. The van der Waals surface area contributed by atoms with E-state index in [0.29, 0.717) is 34.6 Å². The van der Waals surface area contributed by atoms with Gasteiger partial charge in [-0.2, -0.15) is 13.2 Å². The summed E-state index contributed by atoms with van der Waals surface area (Å²) >= 11 is 0. The van der Waals surface area contributed by atoms with Crippen LogP contribution in [0.25, 0.3) is 43.9 Å². The normalized spacial score (nSPS) is 9.52. The maximum Gasteiger partial charge on any atom is 0.485 e. The van der Waals surface area contributed by atoms with Crippen molar-refractivity contribution in [2.45, 2.75) is 65.8 Å². The topological polar surface area (TPSA) is 198 Å². The van der Waals surface area contributed by atoms with Gasteiger partial charge in [0.2, 0.25) is 0 Å². The Hall–Kier alpha value is -10.9. The maximum absolute atomic E-state index is 12.8. The molecule has 0 fully saturated rings. The molecule has 104 heavy (non-hydrogen) atoms. The number of quaternary nitrogens is 1.